The minimum atomic E-state index is -3.49. The summed E-state index contributed by atoms with van der Waals surface area (Å²) in [5.41, 5.74) is 0. The first-order valence-electron chi connectivity index (χ1n) is 4.97. The van der Waals surface area contributed by atoms with Crippen LogP contribution in [-0.2, 0) is 52.9 Å². The standard InChI is InChI=1S/3C3H7O.ClH.Ti.Zr/c3*1-3(2)4;;;/h3*3H,1-2H3;1H;;/q3*-1;;+4;/p-1. The smallest absolute Gasteiger partial charge is 0 e. The summed E-state index contributed by atoms with van der Waals surface area (Å²) in [5, 5.41) is 0. The second-order valence-corrected chi connectivity index (χ2v) is 8.50. The summed E-state index contributed by atoms with van der Waals surface area (Å²) in [7, 11) is 6.25. The molecule has 3 nitrogen and oxygen atoms in total. The van der Waals surface area contributed by atoms with E-state index in [2.05, 4.69) is 0 Å². The van der Waals surface area contributed by atoms with Gasteiger partial charge in [0.2, 0.25) is 0 Å². The molecule has 0 bridgehead atoms. The van der Waals surface area contributed by atoms with E-state index in [0.29, 0.717) is 0 Å². The molecule has 0 saturated carbocycles. The molecule has 0 aliphatic rings. The summed E-state index contributed by atoms with van der Waals surface area (Å²) < 4.78 is 16.7. The summed E-state index contributed by atoms with van der Waals surface area (Å²) in [5.74, 6) is 0. The van der Waals surface area contributed by atoms with Crippen molar-refractivity contribution in [1.29, 1.82) is 0 Å². The van der Waals surface area contributed by atoms with Crippen molar-refractivity contribution in [3.63, 3.8) is 0 Å². The van der Waals surface area contributed by atoms with Crippen LogP contribution in [0.5, 0.6) is 0 Å². The van der Waals surface area contributed by atoms with Crippen LogP contribution in [0.3, 0.4) is 0 Å². The van der Waals surface area contributed by atoms with Gasteiger partial charge in [0.05, 0.1) is 0 Å². The van der Waals surface area contributed by atoms with Crippen LogP contribution in [0.4, 0.5) is 0 Å². The van der Waals surface area contributed by atoms with Crippen molar-refractivity contribution in [2.75, 3.05) is 0 Å². The molecule has 0 aliphatic carbocycles. The van der Waals surface area contributed by atoms with Crippen molar-refractivity contribution < 1.29 is 52.9 Å². The maximum absolute atomic E-state index is 6.25. The number of halogens is 1. The molecule has 90 valence electrons. The van der Waals surface area contributed by atoms with Gasteiger partial charge in [0.25, 0.3) is 0 Å². The first kappa shape index (κ1) is 19.1. The van der Waals surface area contributed by atoms with Crippen LogP contribution in [0.2, 0.25) is 0 Å². The zero-order valence-corrected chi connectivity index (χ0v) is 15.1. The molecule has 0 aromatic carbocycles. The molecule has 0 aromatic heterocycles. The van der Waals surface area contributed by atoms with E-state index in [-0.39, 0.29) is 44.5 Å². The molecule has 6 heteroatoms. The molecule has 0 aliphatic heterocycles. The van der Waals surface area contributed by atoms with Crippen molar-refractivity contribution in [3.05, 3.63) is 0 Å². The van der Waals surface area contributed by atoms with E-state index in [9.17, 15) is 0 Å². The Labute approximate surface area is 121 Å². The largest absolute Gasteiger partial charge is 0 e. The fourth-order valence-corrected chi connectivity index (χ4v) is 6.03. The predicted octanol–water partition coefficient (Wildman–Crippen LogP) is 3.31. The maximum atomic E-state index is 6.25. The molecule has 0 heterocycles. The van der Waals surface area contributed by atoms with Crippen LogP contribution in [0, 0.1) is 0 Å². The van der Waals surface area contributed by atoms with E-state index in [1.54, 1.807) is 0 Å². The van der Waals surface area contributed by atoms with E-state index in [1.165, 1.54) is 0 Å². The Morgan fingerprint density at radius 1 is 0.733 bits per heavy atom. The molecule has 0 spiro atoms. The van der Waals surface area contributed by atoms with Gasteiger partial charge in [-0.3, -0.25) is 0 Å². The van der Waals surface area contributed by atoms with Gasteiger partial charge in [-0.05, 0) is 0 Å². The molecule has 0 fully saturated rings. The van der Waals surface area contributed by atoms with Crippen molar-refractivity contribution in [3.8, 4) is 0 Å². The Kier molecular flexibility index (Phi) is 11.2. The van der Waals surface area contributed by atoms with Gasteiger partial charge in [0.15, 0.2) is 0 Å². The summed E-state index contributed by atoms with van der Waals surface area (Å²) in [6.07, 6.45) is 0.0972. The normalized spacial score (nSPS) is 12.4. The second-order valence-electron chi connectivity index (χ2n) is 3.98. The van der Waals surface area contributed by atoms with Gasteiger partial charge < -0.3 is 0 Å². The van der Waals surface area contributed by atoms with Gasteiger partial charge in [0.1, 0.15) is 0 Å². The Hall–Kier alpha value is 1.77. The molecule has 0 saturated heterocycles. The molecule has 0 N–H and O–H groups in total. The molecule has 0 rings (SSSR count). The predicted molar refractivity (Wildman–Crippen MR) is 54.5 cm³/mol. The van der Waals surface area contributed by atoms with Gasteiger partial charge in [-0.1, -0.05) is 0 Å². The molecular weight excluding hydrogens is 331 g/mol. The minimum Gasteiger partial charge on any atom is 0 e. The molecule has 0 radical (unpaired) electrons. The van der Waals surface area contributed by atoms with Crippen LogP contribution in [0.15, 0.2) is 0 Å². The van der Waals surface area contributed by atoms with Crippen molar-refractivity contribution in [1.82, 2.24) is 0 Å². The fraction of sp³-hybridized carbons (Fsp3) is 1.00. The Morgan fingerprint density at radius 2 is 0.933 bits per heavy atom. The number of hydrogen-bond donors (Lipinski definition) is 0. The quantitative estimate of drug-likeness (QED) is 0.687. The van der Waals surface area contributed by atoms with E-state index >= 15 is 0 Å². The van der Waals surface area contributed by atoms with E-state index in [4.69, 9.17) is 19.3 Å². The van der Waals surface area contributed by atoms with Crippen molar-refractivity contribution in [2.24, 2.45) is 0 Å². The van der Waals surface area contributed by atoms with Crippen LogP contribution in [0.25, 0.3) is 0 Å². The van der Waals surface area contributed by atoms with E-state index in [0.717, 1.165) is 0 Å². The average Bonchev–Trinajstić information content (AvgIpc) is 1.76. The molecule has 0 unspecified atom stereocenters. The van der Waals surface area contributed by atoms with E-state index < -0.39 is 16.7 Å². The minimum absolute atomic E-state index is 0. The monoisotopic (exact) mass is 350 g/mol. The molecular formula is C9H21ClO3TiZr. The second kappa shape index (κ2) is 8.80. The van der Waals surface area contributed by atoms with Crippen LogP contribution >= 0.6 is 9.30 Å². The third-order valence-electron chi connectivity index (χ3n) is 1.13. The molecule has 0 aromatic rings. The van der Waals surface area contributed by atoms with E-state index in [1.807, 2.05) is 41.5 Å². The average molecular weight is 352 g/mol. The zero-order chi connectivity index (χ0) is 11.4. The van der Waals surface area contributed by atoms with Gasteiger partial charge in [0, 0.05) is 26.2 Å². The van der Waals surface area contributed by atoms with Crippen molar-refractivity contribution in [2.45, 2.75) is 59.9 Å². The Balaban J connectivity index is 0. The van der Waals surface area contributed by atoms with Crippen LogP contribution < -0.4 is 0 Å². The first-order chi connectivity index (χ1) is 6.25. The summed E-state index contributed by atoms with van der Waals surface area (Å²) in [4.78, 5) is 0. The first-order valence-corrected chi connectivity index (χ1v) is 9.03. The number of hydrogen-bond acceptors (Lipinski definition) is 3. The topological polar surface area (TPSA) is 27.7 Å². The zero-order valence-electron chi connectivity index (χ0n) is 10.3. The summed E-state index contributed by atoms with van der Waals surface area (Å²) in [6.45, 7) is 11.6. The Morgan fingerprint density at radius 3 is 1.07 bits per heavy atom. The van der Waals surface area contributed by atoms with Gasteiger partial charge in [-0.25, -0.2) is 0 Å². The van der Waals surface area contributed by atoms with Gasteiger partial charge in [-0.15, -0.1) is 0 Å². The summed E-state index contributed by atoms with van der Waals surface area (Å²) >= 11 is -3.49. The van der Waals surface area contributed by atoms with Crippen LogP contribution in [-0.4, -0.2) is 18.3 Å². The molecule has 15 heavy (non-hydrogen) atoms. The van der Waals surface area contributed by atoms with Crippen molar-refractivity contribution >= 4 is 9.30 Å². The van der Waals surface area contributed by atoms with Crippen LogP contribution in [0.1, 0.15) is 41.5 Å². The number of rotatable bonds is 6. The van der Waals surface area contributed by atoms with Gasteiger partial charge in [-0.2, -0.15) is 0 Å². The Bertz CT molecular complexity index is 141. The summed E-state index contributed by atoms with van der Waals surface area (Å²) in [6, 6.07) is 0. The third kappa shape index (κ3) is 10.6. The molecule has 0 amide bonds. The SMILES string of the molecule is CC(C)[O][Ti]([Cl])([O]C(C)C)[O]C(C)C.[Zr]. The molecule has 0 atom stereocenters. The maximum Gasteiger partial charge on any atom is 0 e. The fourth-order valence-electron chi connectivity index (χ4n) is 0.928. The van der Waals surface area contributed by atoms with Gasteiger partial charge >= 0.3 is 95.8 Å². The third-order valence-corrected chi connectivity index (χ3v) is 5.76.